The SMILES string of the molecule is CN1CCN(CCCOc2ccccc2)CC1. The van der Waals surface area contributed by atoms with E-state index in [4.69, 9.17) is 4.74 Å². The lowest BCUT2D eigenvalue weighted by atomic mass is 10.3. The van der Waals surface area contributed by atoms with Crippen LogP contribution in [0.1, 0.15) is 6.42 Å². The van der Waals surface area contributed by atoms with Crippen LogP contribution in [0.15, 0.2) is 30.3 Å². The van der Waals surface area contributed by atoms with Gasteiger partial charge >= 0.3 is 0 Å². The van der Waals surface area contributed by atoms with Crippen LogP contribution in [0.4, 0.5) is 0 Å². The molecule has 94 valence electrons. The summed E-state index contributed by atoms with van der Waals surface area (Å²) in [5.41, 5.74) is 0. The molecular formula is C14H22N2O. The summed E-state index contributed by atoms with van der Waals surface area (Å²) in [5.74, 6) is 0.978. The molecule has 1 aromatic carbocycles. The summed E-state index contributed by atoms with van der Waals surface area (Å²) in [5, 5.41) is 0. The number of hydrogen-bond donors (Lipinski definition) is 0. The maximum absolute atomic E-state index is 5.68. The van der Waals surface area contributed by atoms with Gasteiger partial charge in [0.25, 0.3) is 0 Å². The van der Waals surface area contributed by atoms with E-state index in [1.165, 1.54) is 26.2 Å². The number of likely N-dealkylation sites (N-methyl/N-ethyl adjacent to an activating group) is 1. The third-order valence-corrected chi connectivity index (χ3v) is 3.23. The van der Waals surface area contributed by atoms with E-state index >= 15 is 0 Å². The summed E-state index contributed by atoms with van der Waals surface area (Å²) in [7, 11) is 2.19. The quantitative estimate of drug-likeness (QED) is 0.721. The van der Waals surface area contributed by atoms with Crippen LogP contribution in [0.3, 0.4) is 0 Å². The molecule has 17 heavy (non-hydrogen) atoms. The van der Waals surface area contributed by atoms with E-state index in [0.29, 0.717) is 0 Å². The van der Waals surface area contributed by atoms with Gasteiger partial charge in [-0.15, -0.1) is 0 Å². The van der Waals surface area contributed by atoms with E-state index in [1.54, 1.807) is 0 Å². The van der Waals surface area contributed by atoms with E-state index in [0.717, 1.165) is 25.3 Å². The molecule has 0 atom stereocenters. The maximum Gasteiger partial charge on any atom is 0.119 e. The third kappa shape index (κ3) is 4.36. The topological polar surface area (TPSA) is 15.7 Å². The molecule has 1 saturated heterocycles. The second-order valence-electron chi connectivity index (χ2n) is 4.66. The molecule has 1 heterocycles. The number of rotatable bonds is 5. The molecular weight excluding hydrogens is 212 g/mol. The Kier molecular flexibility index (Phi) is 4.83. The molecule has 0 aromatic heterocycles. The fourth-order valence-electron chi connectivity index (χ4n) is 2.07. The summed E-state index contributed by atoms with van der Waals surface area (Å²) >= 11 is 0. The highest BCUT2D eigenvalue weighted by molar-refractivity contribution is 5.20. The van der Waals surface area contributed by atoms with E-state index in [2.05, 4.69) is 16.8 Å². The molecule has 0 radical (unpaired) electrons. The molecule has 0 amide bonds. The maximum atomic E-state index is 5.68. The van der Waals surface area contributed by atoms with Gasteiger partial charge in [0.15, 0.2) is 0 Å². The van der Waals surface area contributed by atoms with Crippen molar-refractivity contribution < 1.29 is 4.74 Å². The van der Waals surface area contributed by atoms with Crippen molar-refractivity contribution in [3.8, 4) is 5.75 Å². The number of benzene rings is 1. The monoisotopic (exact) mass is 234 g/mol. The zero-order valence-electron chi connectivity index (χ0n) is 10.6. The minimum atomic E-state index is 0.816. The Balaban J connectivity index is 1.57. The Morgan fingerprint density at radius 3 is 2.47 bits per heavy atom. The number of nitrogens with zero attached hydrogens (tertiary/aromatic N) is 2. The molecule has 1 aliphatic rings. The van der Waals surface area contributed by atoms with E-state index < -0.39 is 0 Å². The van der Waals surface area contributed by atoms with Gasteiger partial charge in [-0.2, -0.15) is 0 Å². The molecule has 0 saturated carbocycles. The van der Waals surface area contributed by atoms with E-state index in [9.17, 15) is 0 Å². The van der Waals surface area contributed by atoms with Crippen molar-refractivity contribution in [2.45, 2.75) is 6.42 Å². The summed E-state index contributed by atoms with van der Waals surface area (Å²) in [6, 6.07) is 10.1. The molecule has 0 bridgehead atoms. The average molecular weight is 234 g/mol. The van der Waals surface area contributed by atoms with Crippen LogP contribution in [-0.4, -0.2) is 56.2 Å². The van der Waals surface area contributed by atoms with Gasteiger partial charge in [-0.3, -0.25) is 0 Å². The highest BCUT2D eigenvalue weighted by Crippen LogP contribution is 2.08. The molecule has 1 aromatic rings. The van der Waals surface area contributed by atoms with Gasteiger partial charge in [0.1, 0.15) is 5.75 Å². The van der Waals surface area contributed by atoms with Crippen molar-refractivity contribution in [2.24, 2.45) is 0 Å². The molecule has 0 spiro atoms. The lowest BCUT2D eigenvalue weighted by molar-refractivity contribution is 0.145. The molecule has 2 rings (SSSR count). The Morgan fingerprint density at radius 1 is 1.06 bits per heavy atom. The molecule has 0 aliphatic carbocycles. The highest BCUT2D eigenvalue weighted by Gasteiger charge is 2.12. The summed E-state index contributed by atoms with van der Waals surface area (Å²) < 4.78 is 5.68. The second-order valence-corrected chi connectivity index (χ2v) is 4.66. The van der Waals surface area contributed by atoms with Gasteiger partial charge in [0.2, 0.25) is 0 Å². The van der Waals surface area contributed by atoms with E-state index in [-0.39, 0.29) is 0 Å². The number of ether oxygens (including phenoxy) is 1. The number of piperazine rings is 1. The van der Waals surface area contributed by atoms with Gasteiger partial charge in [0.05, 0.1) is 6.61 Å². The normalized spacial score (nSPS) is 18.2. The minimum absolute atomic E-state index is 0.816. The second kappa shape index (κ2) is 6.62. The fraction of sp³-hybridized carbons (Fsp3) is 0.571. The van der Waals surface area contributed by atoms with Crippen LogP contribution in [-0.2, 0) is 0 Å². The summed E-state index contributed by atoms with van der Waals surface area (Å²) in [4.78, 5) is 4.91. The molecule has 0 unspecified atom stereocenters. The number of para-hydroxylation sites is 1. The first-order chi connectivity index (χ1) is 8.34. The van der Waals surface area contributed by atoms with Crippen LogP contribution in [0, 0.1) is 0 Å². The Labute approximate surface area is 104 Å². The first kappa shape index (κ1) is 12.4. The standard InChI is InChI=1S/C14H22N2O/c1-15-9-11-16(12-10-15)8-5-13-17-14-6-3-2-4-7-14/h2-4,6-7H,5,8-13H2,1H3. The van der Waals surface area contributed by atoms with E-state index in [1.807, 2.05) is 30.3 Å². The first-order valence-corrected chi connectivity index (χ1v) is 6.43. The summed E-state index contributed by atoms with van der Waals surface area (Å²) in [6.45, 7) is 6.75. The lowest BCUT2D eigenvalue weighted by Crippen LogP contribution is -2.44. The molecule has 3 nitrogen and oxygen atoms in total. The molecule has 3 heteroatoms. The van der Waals surface area contributed by atoms with Crippen molar-refractivity contribution >= 4 is 0 Å². The highest BCUT2D eigenvalue weighted by atomic mass is 16.5. The van der Waals surface area contributed by atoms with Gasteiger partial charge in [-0.1, -0.05) is 18.2 Å². The van der Waals surface area contributed by atoms with Crippen LogP contribution in [0.25, 0.3) is 0 Å². The summed E-state index contributed by atoms with van der Waals surface area (Å²) in [6.07, 6.45) is 1.11. The Hall–Kier alpha value is -1.06. The van der Waals surface area contributed by atoms with Crippen LogP contribution < -0.4 is 4.74 Å². The lowest BCUT2D eigenvalue weighted by Gasteiger charge is -2.32. The van der Waals surface area contributed by atoms with Gasteiger partial charge in [0, 0.05) is 32.7 Å². The average Bonchev–Trinajstić information content (AvgIpc) is 2.38. The zero-order chi connectivity index (χ0) is 11.9. The van der Waals surface area contributed by atoms with Crippen molar-refractivity contribution in [3.05, 3.63) is 30.3 Å². The zero-order valence-corrected chi connectivity index (χ0v) is 10.6. The van der Waals surface area contributed by atoms with Crippen LogP contribution in [0.2, 0.25) is 0 Å². The predicted molar refractivity (Wildman–Crippen MR) is 70.5 cm³/mol. The largest absolute Gasteiger partial charge is 0.494 e. The van der Waals surface area contributed by atoms with Crippen LogP contribution >= 0.6 is 0 Å². The Morgan fingerprint density at radius 2 is 1.76 bits per heavy atom. The predicted octanol–water partition coefficient (Wildman–Crippen LogP) is 1.70. The molecule has 0 N–H and O–H groups in total. The van der Waals surface area contributed by atoms with Crippen molar-refractivity contribution in [2.75, 3.05) is 46.4 Å². The molecule has 1 aliphatic heterocycles. The number of hydrogen-bond acceptors (Lipinski definition) is 3. The van der Waals surface area contributed by atoms with Crippen molar-refractivity contribution in [3.63, 3.8) is 0 Å². The first-order valence-electron chi connectivity index (χ1n) is 6.43. The van der Waals surface area contributed by atoms with Gasteiger partial charge in [-0.05, 0) is 25.6 Å². The van der Waals surface area contributed by atoms with Crippen LogP contribution in [0.5, 0.6) is 5.75 Å². The Bertz CT molecular complexity index is 307. The minimum Gasteiger partial charge on any atom is -0.494 e. The van der Waals surface area contributed by atoms with Gasteiger partial charge < -0.3 is 14.5 Å². The van der Waals surface area contributed by atoms with Crippen molar-refractivity contribution in [1.29, 1.82) is 0 Å². The smallest absolute Gasteiger partial charge is 0.119 e. The molecule has 1 fully saturated rings. The fourth-order valence-corrected chi connectivity index (χ4v) is 2.07. The van der Waals surface area contributed by atoms with Gasteiger partial charge in [-0.25, -0.2) is 0 Å². The third-order valence-electron chi connectivity index (χ3n) is 3.23. The van der Waals surface area contributed by atoms with Crippen molar-refractivity contribution in [1.82, 2.24) is 9.80 Å².